The van der Waals surface area contributed by atoms with Gasteiger partial charge in [0.2, 0.25) is 0 Å². The minimum Gasteiger partial charge on any atom is -0.335 e. The summed E-state index contributed by atoms with van der Waals surface area (Å²) in [7, 11) is 0. The summed E-state index contributed by atoms with van der Waals surface area (Å²) >= 11 is 3.09. The van der Waals surface area contributed by atoms with Crippen molar-refractivity contribution in [2.45, 2.75) is 15.5 Å². The molecule has 0 bridgehead atoms. The molecule has 0 fully saturated rings. The summed E-state index contributed by atoms with van der Waals surface area (Å²) in [6, 6.07) is 28.1. The van der Waals surface area contributed by atoms with Crippen molar-refractivity contribution in [2.75, 3.05) is 16.0 Å². The van der Waals surface area contributed by atoms with E-state index < -0.39 is 0 Å². The second-order valence-corrected chi connectivity index (χ2v) is 9.88. The van der Waals surface area contributed by atoms with Gasteiger partial charge in [-0.2, -0.15) is 15.0 Å². The monoisotopic (exact) mass is 531 g/mol. The molecule has 0 saturated heterocycles. The smallest absolute Gasteiger partial charge is 0.200 e. The molecule has 0 aliphatic heterocycles. The van der Waals surface area contributed by atoms with Crippen LogP contribution in [0.15, 0.2) is 106 Å². The van der Waals surface area contributed by atoms with Crippen LogP contribution in [-0.4, -0.2) is 30.5 Å². The van der Waals surface area contributed by atoms with E-state index in [9.17, 15) is 0 Å². The van der Waals surface area contributed by atoms with Crippen molar-refractivity contribution in [1.82, 2.24) is 15.0 Å². The van der Waals surface area contributed by atoms with Crippen LogP contribution >= 0.6 is 35.3 Å². The third-order valence-corrected chi connectivity index (χ3v) is 6.26. The Balaban J connectivity index is 1.49. The highest BCUT2D eigenvalue weighted by Crippen LogP contribution is 2.25. The van der Waals surface area contributed by atoms with E-state index in [1.54, 1.807) is 0 Å². The van der Waals surface area contributed by atoms with Gasteiger partial charge in [-0.3, -0.25) is 16.2 Å². The first-order chi connectivity index (χ1) is 17.5. The van der Waals surface area contributed by atoms with E-state index in [-0.39, 0.29) is 31.0 Å². The molecule has 4 rings (SSSR count). The van der Waals surface area contributed by atoms with Gasteiger partial charge >= 0.3 is 0 Å². The quantitative estimate of drug-likeness (QED) is 0.0959. The highest BCUT2D eigenvalue weighted by molar-refractivity contribution is 8.15. The minimum atomic E-state index is 0.134. The highest BCUT2D eigenvalue weighted by Gasteiger charge is 2.15. The van der Waals surface area contributed by atoms with Crippen LogP contribution in [-0.2, 0) is 0 Å². The second kappa shape index (κ2) is 12.7. The molecular formula is C24H21N9S3. The molecule has 0 amide bonds. The molecule has 0 aliphatic rings. The fourth-order valence-corrected chi connectivity index (χ4v) is 4.79. The average Bonchev–Trinajstić information content (AvgIpc) is 2.85. The Hall–Kier alpha value is -3.87. The van der Waals surface area contributed by atoms with Gasteiger partial charge in [0.25, 0.3) is 0 Å². The first-order valence-electron chi connectivity index (χ1n) is 10.5. The van der Waals surface area contributed by atoms with Gasteiger partial charge in [-0.25, -0.2) is 0 Å². The molecule has 0 radical (unpaired) electrons. The summed E-state index contributed by atoms with van der Waals surface area (Å²) in [6.45, 7) is 0. The molecule has 0 atom stereocenters. The fourth-order valence-electron chi connectivity index (χ4n) is 2.77. The lowest BCUT2D eigenvalue weighted by molar-refractivity contribution is 0.722. The molecule has 6 N–H and O–H groups in total. The molecule has 1 heterocycles. The number of nitrogens with zero attached hydrogens (tertiary/aromatic N) is 3. The topological polar surface area (TPSA) is 146 Å². The number of para-hydroxylation sites is 3. The lowest BCUT2D eigenvalue weighted by Gasteiger charge is -2.10. The molecular weight excluding hydrogens is 511 g/mol. The molecule has 1 aromatic heterocycles. The number of thioether (sulfide) groups is 3. The molecule has 0 spiro atoms. The normalized spacial score (nSPS) is 10.3. The Morgan fingerprint density at radius 3 is 0.944 bits per heavy atom. The number of amidine groups is 3. The molecule has 9 nitrogen and oxygen atoms in total. The molecule has 180 valence electrons. The maximum absolute atomic E-state index is 8.31. The molecule has 0 aliphatic carbocycles. The number of nitrogens with one attached hydrogen (secondary N) is 6. The van der Waals surface area contributed by atoms with Crippen molar-refractivity contribution in [3.8, 4) is 0 Å². The Kier molecular flexibility index (Phi) is 8.92. The predicted octanol–water partition coefficient (Wildman–Crippen LogP) is 6.29. The maximum atomic E-state index is 8.31. The van der Waals surface area contributed by atoms with Gasteiger partial charge in [0.15, 0.2) is 31.0 Å². The van der Waals surface area contributed by atoms with Crippen LogP contribution in [0.4, 0.5) is 17.1 Å². The van der Waals surface area contributed by atoms with Crippen molar-refractivity contribution >= 4 is 67.9 Å². The van der Waals surface area contributed by atoms with Crippen LogP contribution < -0.4 is 16.0 Å². The van der Waals surface area contributed by atoms with Crippen molar-refractivity contribution in [2.24, 2.45) is 0 Å². The van der Waals surface area contributed by atoms with Crippen molar-refractivity contribution < 1.29 is 0 Å². The van der Waals surface area contributed by atoms with Crippen LogP contribution in [0.1, 0.15) is 0 Å². The van der Waals surface area contributed by atoms with E-state index in [0.29, 0.717) is 0 Å². The number of rotatable bonds is 6. The van der Waals surface area contributed by atoms with Crippen LogP contribution in [0.5, 0.6) is 0 Å². The summed E-state index contributed by atoms with van der Waals surface area (Å²) < 4.78 is 0. The number of anilines is 3. The van der Waals surface area contributed by atoms with Gasteiger partial charge in [-0.05, 0) is 71.7 Å². The number of hydrogen-bond donors (Lipinski definition) is 6. The summed E-state index contributed by atoms with van der Waals surface area (Å²) in [5.41, 5.74) is 2.32. The van der Waals surface area contributed by atoms with Gasteiger partial charge in [0, 0.05) is 17.1 Å². The molecule has 0 unspecified atom stereocenters. The Labute approximate surface area is 220 Å². The predicted molar refractivity (Wildman–Crippen MR) is 151 cm³/mol. The number of hydrogen-bond acceptors (Lipinski definition) is 9. The zero-order valence-corrected chi connectivity index (χ0v) is 21.2. The van der Waals surface area contributed by atoms with E-state index in [1.165, 1.54) is 0 Å². The van der Waals surface area contributed by atoms with Crippen molar-refractivity contribution in [1.29, 1.82) is 16.2 Å². The maximum Gasteiger partial charge on any atom is 0.200 e. The van der Waals surface area contributed by atoms with E-state index in [0.717, 1.165) is 52.3 Å². The van der Waals surface area contributed by atoms with Gasteiger partial charge in [-0.15, -0.1) is 0 Å². The standard InChI is InChI=1S/C24H21N9S3/c25-19(28-16-10-4-1-5-11-16)34-22-31-23(35-20(26)29-17-12-6-2-7-13-17)33-24(32-22)36-21(27)30-18-14-8-3-9-15-18/h1-15H,(H2,25,28)(H2,26,29)(H2,27,30). The number of benzene rings is 3. The summed E-state index contributed by atoms with van der Waals surface area (Å²) in [5.74, 6) is 0. The molecule has 36 heavy (non-hydrogen) atoms. The first kappa shape index (κ1) is 25.2. The molecule has 0 saturated carbocycles. The third-order valence-electron chi connectivity index (χ3n) is 4.25. The third kappa shape index (κ3) is 8.12. The Morgan fingerprint density at radius 2 is 0.694 bits per heavy atom. The van der Waals surface area contributed by atoms with Gasteiger partial charge < -0.3 is 16.0 Å². The van der Waals surface area contributed by atoms with Crippen LogP contribution in [0.3, 0.4) is 0 Å². The lowest BCUT2D eigenvalue weighted by Crippen LogP contribution is -2.11. The van der Waals surface area contributed by atoms with Crippen LogP contribution in [0, 0.1) is 16.2 Å². The van der Waals surface area contributed by atoms with Gasteiger partial charge in [0.05, 0.1) is 0 Å². The van der Waals surface area contributed by atoms with Crippen LogP contribution in [0.25, 0.3) is 0 Å². The summed E-state index contributed by atoms with van der Waals surface area (Å²) in [5, 5.41) is 35.2. The summed E-state index contributed by atoms with van der Waals surface area (Å²) in [6.07, 6.45) is 0. The highest BCUT2D eigenvalue weighted by atomic mass is 32.2. The van der Waals surface area contributed by atoms with E-state index in [2.05, 4.69) is 30.9 Å². The van der Waals surface area contributed by atoms with Gasteiger partial charge in [-0.1, -0.05) is 54.6 Å². The van der Waals surface area contributed by atoms with E-state index in [4.69, 9.17) is 16.2 Å². The van der Waals surface area contributed by atoms with E-state index in [1.807, 2.05) is 91.0 Å². The van der Waals surface area contributed by atoms with Crippen molar-refractivity contribution in [3.63, 3.8) is 0 Å². The largest absolute Gasteiger partial charge is 0.335 e. The second-order valence-electron chi connectivity index (χ2n) is 6.95. The fraction of sp³-hybridized carbons (Fsp3) is 0. The number of aromatic nitrogens is 3. The van der Waals surface area contributed by atoms with Gasteiger partial charge in [0.1, 0.15) is 0 Å². The molecule has 4 aromatic rings. The lowest BCUT2D eigenvalue weighted by atomic mass is 10.3. The minimum absolute atomic E-state index is 0.134. The SMILES string of the molecule is N=C(Nc1ccccc1)Sc1nc(SC(=N)Nc2ccccc2)nc(SC(=N)Nc2ccccc2)n1. The van der Waals surface area contributed by atoms with Crippen molar-refractivity contribution in [3.05, 3.63) is 91.0 Å². The average molecular weight is 532 g/mol. The first-order valence-corrected chi connectivity index (χ1v) is 13.0. The Morgan fingerprint density at radius 1 is 0.444 bits per heavy atom. The van der Waals surface area contributed by atoms with Crippen LogP contribution in [0.2, 0.25) is 0 Å². The summed E-state index contributed by atoms with van der Waals surface area (Å²) in [4.78, 5) is 13.3. The zero-order valence-electron chi connectivity index (χ0n) is 18.7. The Bertz CT molecular complexity index is 1160. The van der Waals surface area contributed by atoms with E-state index >= 15 is 0 Å². The molecule has 12 heteroatoms. The molecule has 3 aromatic carbocycles. The zero-order chi connectivity index (χ0) is 25.2.